The van der Waals surface area contributed by atoms with Crippen molar-refractivity contribution in [1.29, 1.82) is 0 Å². The van der Waals surface area contributed by atoms with Crippen molar-refractivity contribution in [3.63, 3.8) is 0 Å². The third kappa shape index (κ3) is 3.41. The Balaban J connectivity index is 2.22. The highest BCUT2D eigenvalue weighted by Gasteiger charge is 2.29. The summed E-state index contributed by atoms with van der Waals surface area (Å²) in [5.41, 5.74) is 7.26. The van der Waals surface area contributed by atoms with Crippen LogP contribution in [0.2, 0.25) is 5.02 Å². The standard InChI is InChI=1S/C14H11ClF3N/c15-12-5-6-13(19)10(8-12)7-9-1-3-11(4-2-9)14(16,17)18/h1-6,8H,7,19H2. The van der Waals surface area contributed by atoms with Gasteiger partial charge in [0.25, 0.3) is 0 Å². The van der Waals surface area contributed by atoms with Gasteiger partial charge in [0, 0.05) is 10.7 Å². The summed E-state index contributed by atoms with van der Waals surface area (Å²) in [6.07, 6.45) is -3.86. The van der Waals surface area contributed by atoms with Crippen molar-refractivity contribution in [3.8, 4) is 0 Å². The van der Waals surface area contributed by atoms with Crippen LogP contribution in [0.25, 0.3) is 0 Å². The Morgan fingerprint density at radius 2 is 1.63 bits per heavy atom. The fourth-order valence-electron chi connectivity index (χ4n) is 1.76. The van der Waals surface area contributed by atoms with Gasteiger partial charge in [-0.05, 0) is 47.9 Å². The summed E-state index contributed by atoms with van der Waals surface area (Å²) in [6, 6.07) is 10.1. The van der Waals surface area contributed by atoms with Gasteiger partial charge in [-0.1, -0.05) is 23.7 Å². The van der Waals surface area contributed by atoms with Gasteiger partial charge < -0.3 is 5.73 Å². The molecule has 0 atom stereocenters. The predicted octanol–water partition coefficient (Wildman–Crippen LogP) is 4.53. The van der Waals surface area contributed by atoms with Crippen molar-refractivity contribution >= 4 is 17.3 Å². The van der Waals surface area contributed by atoms with Crippen molar-refractivity contribution in [2.24, 2.45) is 0 Å². The molecule has 0 saturated heterocycles. The van der Waals surface area contributed by atoms with Gasteiger partial charge in [-0.2, -0.15) is 13.2 Å². The lowest BCUT2D eigenvalue weighted by Gasteiger charge is -2.09. The highest BCUT2D eigenvalue weighted by Crippen LogP contribution is 2.29. The van der Waals surface area contributed by atoms with Crippen molar-refractivity contribution in [1.82, 2.24) is 0 Å². The smallest absolute Gasteiger partial charge is 0.398 e. The Kier molecular flexibility index (Phi) is 3.71. The molecule has 0 bridgehead atoms. The van der Waals surface area contributed by atoms with Crippen LogP contribution in [0.5, 0.6) is 0 Å². The summed E-state index contributed by atoms with van der Waals surface area (Å²) in [7, 11) is 0. The minimum absolute atomic E-state index is 0.449. The summed E-state index contributed by atoms with van der Waals surface area (Å²) in [6.45, 7) is 0. The number of benzene rings is 2. The van der Waals surface area contributed by atoms with E-state index in [1.54, 1.807) is 18.2 Å². The molecule has 0 spiro atoms. The first-order chi connectivity index (χ1) is 8.86. The summed E-state index contributed by atoms with van der Waals surface area (Å²) < 4.78 is 37.3. The van der Waals surface area contributed by atoms with E-state index in [4.69, 9.17) is 17.3 Å². The fourth-order valence-corrected chi connectivity index (χ4v) is 1.95. The number of halogens is 4. The van der Waals surface area contributed by atoms with E-state index in [9.17, 15) is 13.2 Å². The Morgan fingerprint density at radius 3 is 2.21 bits per heavy atom. The first-order valence-electron chi connectivity index (χ1n) is 5.56. The van der Waals surface area contributed by atoms with E-state index in [0.29, 0.717) is 17.1 Å². The van der Waals surface area contributed by atoms with Gasteiger partial charge in [0.15, 0.2) is 0 Å². The van der Waals surface area contributed by atoms with Crippen LogP contribution in [0.3, 0.4) is 0 Å². The molecule has 0 unspecified atom stereocenters. The maximum Gasteiger partial charge on any atom is 0.416 e. The molecule has 2 aromatic rings. The quantitative estimate of drug-likeness (QED) is 0.806. The largest absolute Gasteiger partial charge is 0.416 e. The van der Waals surface area contributed by atoms with Crippen LogP contribution in [0.1, 0.15) is 16.7 Å². The van der Waals surface area contributed by atoms with E-state index in [2.05, 4.69) is 0 Å². The van der Waals surface area contributed by atoms with Gasteiger partial charge in [-0.3, -0.25) is 0 Å². The minimum Gasteiger partial charge on any atom is -0.398 e. The second-order valence-corrected chi connectivity index (χ2v) is 4.65. The Morgan fingerprint density at radius 1 is 1.00 bits per heavy atom. The third-order valence-electron chi connectivity index (χ3n) is 2.78. The zero-order valence-electron chi connectivity index (χ0n) is 9.84. The number of alkyl halides is 3. The molecule has 1 nitrogen and oxygen atoms in total. The van der Waals surface area contributed by atoms with Crippen molar-refractivity contribution < 1.29 is 13.2 Å². The SMILES string of the molecule is Nc1ccc(Cl)cc1Cc1ccc(C(F)(F)F)cc1. The van der Waals surface area contributed by atoms with Crippen molar-refractivity contribution in [2.75, 3.05) is 5.73 Å². The highest BCUT2D eigenvalue weighted by atomic mass is 35.5. The summed E-state index contributed by atoms with van der Waals surface area (Å²) in [5, 5.41) is 0.552. The first kappa shape index (κ1) is 13.7. The van der Waals surface area contributed by atoms with E-state index >= 15 is 0 Å². The molecule has 0 amide bonds. The molecule has 0 aliphatic rings. The zero-order valence-corrected chi connectivity index (χ0v) is 10.6. The number of anilines is 1. The molecule has 0 aliphatic carbocycles. The number of rotatable bonds is 2. The van der Waals surface area contributed by atoms with Crippen LogP contribution >= 0.6 is 11.6 Å². The van der Waals surface area contributed by atoms with E-state index in [1.165, 1.54) is 12.1 Å². The fraction of sp³-hybridized carbons (Fsp3) is 0.143. The zero-order chi connectivity index (χ0) is 14.0. The Bertz CT molecular complexity index is 576. The van der Waals surface area contributed by atoms with Crippen molar-refractivity contribution in [3.05, 3.63) is 64.2 Å². The average Bonchev–Trinajstić information content (AvgIpc) is 2.33. The topological polar surface area (TPSA) is 26.0 Å². The molecule has 5 heteroatoms. The lowest BCUT2D eigenvalue weighted by atomic mass is 10.0. The van der Waals surface area contributed by atoms with E-state index in [1.807, 2.05) is 0 Å². The molecule has 2 aromatic carbocycles. The Hall–Kier alpha value is -1.68. The second kappa shape index (κ2) is 5.13. The number of nitrogen functional groups attached to an aromatic ring is 1. The second-order valence-electron chi connectivity index (χ2n) is 4.21. The molecule has 0 saturated carbocycles. The molecule has 0 heterocycles. The van der Waals surface area contributed by atoms with Gasteiger partial charge in [0.1, 0.15) is 0 Å². The van der Waals surface area contributed by atoms with Gasteiger partial charge >= 0.3 is 6.18 Å². The molecule has 2 N–H and O–H groups in total. The van der Waals surface area contributed by atoms with E-state index < -0.39 is 11.7 Å². The molecule has 0 fully saturated rings. The summed E-state index contributed by atoms with van der Waals surface area (Å²) in [4.78, 5) is 0. The minimum atomic E-state index is -4.31. The lowest BCUT2D eigenvalue weighted by Crippen LogP contribution is -2.04. The number of nitrogens with two attached hydrogens (primary N) is 1. The maximum atomic E-state index is 12.4. The monoisotopic (exact) mass is 285 g/mol. The summed E-state index contributed by atoms with van der Waals surface area (Å²) in [5.74, 6) is 0. The molecule has 0 radical (unpaired) electrons. The number of hydrogen-bond acceptors (Lipinski definition) is 1. The average molecular weight is 286 g/mol. The molecule has 100 valence electrons. The molecule has 0 aliphatic heterocycles. The van der Waals surface area contributed by atoms with Crippen LogP contribution in [0.15, 0.2) is 42.5 Å². The van der Waals surface area contributed by atoms with Gasteiger partial charge in [-0.25, -0.2) is 0 Å². The Labute approximate surface area is 113 Å². The van der Waals surface area contributed by atoms with Crippen LogP contribution < -0.4 is 5.73 Å². The summed E-state index contributed by atoms with van der Waals surface area (Å²) >= 11 is 5.86. The van der Waals surface area contributed by atoms with E-state index in [-0.39, 0.29) is 0 Å². The highest BCUT2D eigenvalue weighted by molar-refractivity contribution is 6.30. The van der Waals surface area contributed by atoms with Gasteiger partial charge in [0.05, 0.1) is 5.56 Å². The first-order valence-corrected chi connectivity index (χ1v) is 5.94. The van der Waals surface area contributed by atoms with E-state index in [0.717, 1.165) is 23.3 Å². The molecule has 2 rings (SSSR count). The maximum absolute atomic E-state index is 12.4. The molecular formula is C14H11ClF3N. The van der Waals surface area contributed by atoms with Crippen LogP contribution in [-0.2, 0) is 12.6 Å². The molecular weight excluding hydrogens is 275 g/mol. The van der Waals surface area contributed by atoms with Crippen LogP contribution in [0.4, 0.5) is 18.9 Å². The third-order valence-corrected chi connectivity index (χ3v) is 3.02. The predicted molar refractivity (Wildman–Crippen MR) is 70.1 cm³/mol. The normalized spacial score (nSPS) is 11.6. The van der Waals surface area contributed by atoms with Crippen molar-refractivity contribution in [2.45, 2.75) is 12.6 Å². The van der Waals surface area contributed by atoms with Gasteiger partial charge in [0.2, 0.25) is 0 Å². The van der Waals surface area contributed by atoms with Crippen LogP contribution in [0, 0.1) is 0 Å². The molecule has 0 aromatic heterocycles. The van der Waals surface area contributed by atoms with Gasteiger partial charge in [-0.15, -0.1) is 0 Å². The van der Waals surface area contributed by atoms with Crippen LogP contribution in [-0.4, -0.2) is 0 Å². The number of hydrogen-bond donors (Lipinski definition) is 1. The molecule has 19 heavy (non-hydrogen) atoms. The lowest BCUT2D eigenvalue weighted by molar-refractivity contribution is -0.137.